The summed E-state index contributed by atoms with van der Waals surface area (Å²) in [6.45, 7) is 1.96. The highest BCUT2D eigenvalue weighted by molar-refractivity contribution is 5.67. The molecule has 0 spiro atoms. The SMILES string of the molecule is CCc1ccc([C@@H](N)CC(=O)O)o1. The van der Waals surface area contributed by atoms with Crippen LogP contribution in [0.1, 0.15) is 30.9 Å². The highest BCUT2D eigenvalue weighted by Crippen LogP contribution is 2.17. The Labute approximate surface area is 76.3 Å². The van der Waals surface area contributed by atoms with Gasteiger partial charge in [-0.05, 0) is 12.1 Å². The topological polar surface area (TPSA) is 76.5 Å². The molecule has 0 radical (unpaired) electrons. The number of furan rings is 1. The van der Waals surface area contributed by atoms with Crippen molar-refractivity contribution in [3.63, 3.8) is 0 Å². The lowest BCUT2D eigenvalue weighted by Crippen LogP contribution is -2.14. The van der Waals surface area contributed by atoms with Gasteiger partial charge in [-0.3, -0.25) is 4.79 Å². The summed E-state index contributed by atoms with van der Waals surface area (Å²) in [4.78, 5) is 10.3. The van der Waals surface area contributed by atoms with Gasteiger partial charge in [0, 0.05) is 6.42 Å². The number of carboxylic acids is 1. The van der Waals surface area contributed by atoms with Gasteiger partial charge in [-0.2, -0.15) is 0 Å². The lowest BCUT2D eigenvalue weighted by atomic mass is 10.2. The van der Waals surface area contributed by atoms with E-state index in [1.54, 1.807) is 6.07 Å². The molecule has 0 aliphatic carbocycles. The van der Waals surface area contributed by atoms with Crippen LogP contribution in [0.15, 0.2) is 16.5 Å². The van der Waals surface area contributed by atoms with Crippen LogP contribution in [-0.2, 0) is 11.2 Å². The molecule has 13 heavy (non-hydrogen) atoms. The average Bonchev–Trinajstić information content (AvgIpc) is 2.50. The summed E-state index contributed by atoms with van der Waals surface area (Å²) in [6.07, 6.45) is 0.691. The van der Waals surface area contributed by atoms with Crippen LogP contribution >= 0.6 is 0 Å². The Kier molecular flexibility index (Phi) is 3.08. The van der Waals surface area contributed by atoms with Crippen molar-refractivity contribution in [2.24, 2.45) is 5.73 Å². The summed E-state index contributed by atoms with van der Waals surface area (Å²) in [5.74, 6) is 0.456. The lowest BCUT2D eigenvalue weighted by Gasteiger charge is -2.03. The Morgan fingerprint density at radius 1 is 1.69 bits per heavy atom. The van der Waals surface area contributed by atoms with E-state index in [0.717, 1.165) is 12.2 Å². The lowest BCUT2D eigenvalue weighted by molar-refractivity contribution is -0.137. The zero-order valence-corrected chi connectivity index (χ0v) is 7.49. The molecule has 0 aromatic carbocycles. The van der Waals surface area contributed by atoms with Crippen molar-refractivity contribution >= 4 is 5.97 Å². The molecule has 1 aromatic heterocycles. The monoisotopic (exact) mass is 183 g/mol. The van der Waals surface area contributed by atoms with E-state index >= 15 is 0 Å². The maximum absolute atomic E-state index is 10.3. The van der Waals surface area contributed by atoms with Gasteiger partial charge in [-0.15, -0.1) is 0 Å². The van der Waals surface area contributed by atoms with Gasteiger partial charge in [0.2, 0.25) is 0 Å². The molecule has 1 rings (SSSR count). The zero-order valence-electron chi connectivity index (χ0n) is 7.49. The molecule has 0 saturated heterocycles. The first kappa shape index (κ1) is 9.80. The van der Waals surface area contributed by atoms with Crippen molar-refractivity contribution in [2.45, 2.75) is 25.8 Å². The molecule has 0 aliphatic rings. The maximum Gasteiger partial charge on any atom is 0.305 e. The molecule has 1 aromatic rings. The van der Waals surface area contributed by atoms with E-state index in [4.69, 9.17) is 15.3 Å². The first-order valence-corrected chi connectivity index (χ1v) is 4.19. The molecule has 4 heteroatoms. The minimum Gasteiger partial charge on any atom is -0.481 e. The largest absolute Gasteiger partial charge is 0.481 e. The fourth-order valence-electron chi connectivity index (χ4n) is 1.07. The quantitative estimate of drug-likeness (QED) is 0.738. The Balaban J connectivity index is 2.65. The van der Waals surface area contributed by atoms with Crippen molar-refractivity contribution in [1.82, 2.24) is 0 Å². The fourth-order valence-corrected chi connectivity index (χ4v) is 1.07. The van der Waals surface area contributed by atoms with Crippen LogP contribution in [-0.4, -0.2) is 11.1 Å². The Morgan fingerprint density at radius 2 is 2.38 bits per heavy atom. The van der Waals surface area contributed by atoms with Gasteiger partial charge >= 0.3 is 5.97 Å². The number of carboxylic acid groups (broad SMARTS) is 1. The van der Waals surface area contributed by atoms with E-state index in [1.807, 2.05) is 13.0 Å². The van der Waals surface area contributed by atoms with Crippen molar-refractivity contribution in [2.75, 3.05) is 0 Å². The van der Waals surface area contributed by atoms with Gasteiger partial charge in [0.1, 0.15) is 11.5 Å². The second kappa shape index (κ2) is 4.09. The Hall–Kier alpha value is -1.29. The number of hydrogen-bond acceptors (Lipinski definition) is 3. The summed E-state index contributed by atoms with van der Waals surface area (Å²) < 4.78 is 5.31. The van der Waals surface area contributed by atoms with Gasteiger partial charge < -0.3 is 15.3 Å². The molecule has 1 heterocycles. The van der Waals surface area contributed by atoms with E-state index in [1.165, 1.54) is 0 Å². The first-order chi connectivity index (χ1) is 6.13. The molecule has 72 valence electrons. The van der Waals surface area contributed by atoms with E-state index < -0.39 is 12.0 Å². The van der Waals surface area contributed by atoms with E-state index in [-0.39, 0.29) is 6.42 Å². The third-order valence-electron chi connectivity index (χ3n) is 1.79. The number of nitrogens with two attached hydrogens (primary N) is 1. The Morgan fingerprint density at radius 3 is 2.85 bits per heavy atom. The van der Waals surface area contributed by atoms with Gasteiger partial charge in [-0.25, -0.2) is 0 Å². The average molecular weight is 183 g/mol. The zero-order chi connectivity index (χ0) is 9.84. The van der Waals surface area contributed by atoms with Crippen molar-refractivity contribution in [1.29, 1.82) is 0 Å². The van der Waals surface area contributed by atoms with Gasteiger partial charge in [-0.1, -0.05) is 6.92 Å². The van der Waals surface area contributed by atoms with E-state index in [2.05, 4.69) is 0 Å². The van der Waals surface area contributed by atoms with Gasteiger partial charge in [0.05, 0.1) is 12.5 Å². The molecule has 4 nitrogen and oxygen atoms in total. The molecule has 0 unspecified atom stereocenters. The van der Waals surface area contributed by atoms with Gasteiger partial charge in [0.15, 0.2) is 0 Å². The number of aryl methyl sites for hydroxylation is 1. The summed E-state index contributed by atoms with van der Waals surface area (Å²) >= 11 is 0. The molecular formula is C9H13NO3. The standard InChI is InChI=1S/C9H13NO3/c1-2-6-3-4-8(13-6)7(10)5-9(11)12/h3-4,7H,2,5,10H2,1H3,(H,11,12)/t7-/m0/s1. The number of aliphatic carboxylic acids is 1. The second-order valence-corrected chi connectivity index (χ2v) is 2.86. The predicted octanol–water partition coefficient (Wildman–Crippen LogP) is 1.32. The number of hydrogen-bond donors (Lipinski definition) is 2. The molecule has 0 amide bonds. The molecule has 1 atom stereocenters. The van der Waals surface area contributed by atoms with Crippen molar-refractivity contribution in [3.05, 3.63) is 23.7 Å². The maximum atomic E-state index is 10.3. The van der Waals surface area contributed by atoms with Crippen LogP contribution in [0, 0.1) is 0 Å². The summed E-state index contributed by atoms with van der Waals surface area (Å²) in [6, 6.07) is 3.00. The molecule has 0 saturated carbocycles. The van der Waals surface area contributed by atoms with E-state index in [9.17, 15) is 4.79 Å². The summed E-state index contributed by atoms with van der Waals surface area (Å²) in [7, 11) is 0. The van der Waals surface area contributed by atoms with Crippen LogP contribution in [0.5, 0.6) is 0 Å². The van der Waals surface area contributed by atoms with Crippen LogP contribution in [0.25, 0.3) is 0 Å². The van der Waals surface area contributed by atoms with Gasteiger partial charge in [0.25, 0.3) is 0 Å². The number of rotatable bonds is 4. The molecule has 0 bridgehead atoms. The predicted molar refractivity (Wildman–Crippen MR) is 47.3 cm³/mol. The number of carbonyl (C=O) groups is 1. The van der Waals surface area contributed by atoms with Crippen molar-refractivity contribution < 1.29 is 14.3 Å². The van der Waals surface area contributed by atoms with Crippen LogP contribution in [0.2, 0.25) is 0 Å². The third-order valence-corrected chi connectivity index (χ3v) is 1.79. The minimum atomic E-state index is -0.915. The van der Waals surface area contributed by atoms with Crippen molar-refractivity contribution in [3.8, 4) is 0 Å². The van der Waals surface area contributed by atoms with E-state index in [0.29, 0.717) is 5.76 Å². The minimum absolute atomic E-state index is 0.101. The fraction of sp³-hybridized carbons (Fsp3) is 0.444. The third kappa shape index (κ3) is 2.59. The first-order valence-electron chi connectivity index (χ1n) is 4.19. The van der Waals surface area contributed by atoms with Crippen LogP contribution in [0.3, 0.4) is 0 Å². The summed E-state index contributed by atoms with van der Waals surface area (Å²) in [5.41, 5.74) is 5.59. The normalized spacial score (nSPS) is 12.8. The van der Waals surface area contributed by atoms with Crippen LogP contribution in [0.4, 0.5) is 0 Å². The molecule has 0 fully saturated rings. The highest BCUT2D eigenvalue weighted by atomic mass is 16.4. The molecular weight excluding hydrogens is 170 g/mol. The second-order valence-electron chi connectivity index (χ2n) is 2.86. The molecule has 0 aliphatic heterocycles. The van der Waals surface area contributed by atoms with Crippen LogP contribution < -0.4 is 5.73 Å². The Bertz CT molecular complexity index is 293. The smallest absolute Gasteiger partial charge is 0.305 e. The molecule has 3 N–H and O–H groups in total. The highest BCUT2D eigenvalue weighted by Gasteiger charge is 2.13. The summed E-state index contributed by atoms with van der Waals surface area (Å²) in [5, 5.41) is 8.49.